The number of hydrogen-bond acceptors (Lipinski definition) is 4. The van der Waals surface area contributed by atoms with E-state index in [-0.39, 0.29) is 5.02 Å². The Morgan fingerprint density at radius 1 is 1.29 bits per heavy atom. The average Bonchev–Trinajstić information content (AvgIpc) is 2.53. The number of hydrogen-bond donors (Lipinski definition) is 2. The second-order valence-corrected chi connectivity index (χ2v) is 4.58. The average molecular weight is 302 g/mol. The summed E-state index contributed by atoms with van der Waals surface area (Å²) in [4.78, 5) is 11.9. The zero-order valence-corrected chi connectivity index (χ0v) is 11.7. The number of amides is 1. The number of halogens is 1. The van der Waals surface area contributed by atoms with Gasteiger partial charge in [0.1, 0.15) is 11.8 Å². The van der Waals surface area contributed by atoms with Crippen molar-refractivity contribution in [3.8, 4) is 11.8 Å². The van der Waals surface area contributed by atoms with Crippen LogP contribution >= 0.6 is 11.6 Å². The fourth-order valence-electron chi connectivity index (χ4n) is 1.77. The molecule has 6 heteroatoms. The van der Waals surface area contributed by atoms with E-state index in [4.69, 9.17) is 27.4 Å². The Labute approximate surface area is 126 Å². The number of hydrazine groups is 1. The van der Waals surface area contributed by atoms with Crippen molar-refractivity contribution in [2.75, 3.05) is 0 Å². The second-order valence-electron chi connectivity index (χ2n) is 4.17. The molecule has 5 nitrogen and oxygen atoms in total. The molecule has 1 amide bonds. The summed E-state index contributed by atoms with van der Waals surface area (Å²) in [6, 6.07) is 15.5. The minimum atomic E-state index is -0.903. The van der Waals surface area contributed by atoms with Crippen LogP contribution in [-0.4, -0.2) is 5.91 Å². The first kappa shape index (κ1) is 14.9. The molecule has 106 valence electrons. The summed E-state index contributed by atoms with van der Waals surface area (Å²) in [7, 11) is 0. The number of nitriles is 1. The fraction of sp³-hybridized carbons (Fsp3) is 0.0667. The topological polar surface area (TPSA) is 88.1 Å². The van der Waals surface area contributed by atoms with E-state index in [2.05, 4.69) is 5.43 Å². The molecular formula is C15H12ClN3O2. The number of benzene rings is 2. The van der Waals surface area contributed by atoms with Gasteiger partial charge in [0.25, 0.3) is 5.91 Å². The molecule has 1 unspecified atom stereocenters. The number of carbonyl (C=O) groups excluding carboxylic acids is 1. The third-order valence-corrected chi connectivity index (χ3v) is 3.11. The zero-order valence-electron chi connectivity index (χ0n) is 10.9. The van der Waals surface area contributed by atoms with Gasteiger partial charge in [-0.2, -0.15) is 5.26 Å². The molecule has 2 aromatic carbocycles. The van der Waals surface area contributed by atoms with E-state index in [9.17, 15) is 4.79 Å². The Bertz CT molecular complexity index is 683. The number of rotatable bonds is 4. The molecule has 0 aliphatic rings. The monoisotopic (exact) mass is 301 g/mol. The highest BCUT2D eigenvalue weighted by atomic mass is 35.5. The van der Waals surface area contributed by atoms with Gasteiger partial charge in [-0.1, -0.05) is 41.9 Å². The highest BCUT2D eigenvalue weighted by Gasteiger charge is 2.22. The largest absolute Gasteiger partial charge is 0.476 e. The van der Waals surface area contributed by atoms with Crippen molar-refractivity contribution in [2.24, 2.45) is 5.84 Å². The van der Waals surface area contributed by atoms with Crippen LogP contribution in [0.4, 0.5) is 0 Å². The molecular weight excluding hydrogens is 290 g/mol. The molecule has 0 spiro atoms. The third kappa shape index (κ3) is 3.51. The van der Waals surface area contributed by atoms with Gasteiger partial charge in [0.2, 0.25) is 6.10 Å². The molecule has 2 rings (SSSR count). The lowest BCUT2D eigenvalue weighted by molar-refractivity contribution is -0.128. The standard InChI is InChI=1S/C15H12ClN3O2/c16-13-8-12(7-6-11(13)9-17)21-14(15(20)19-18)10-4-2-1-3-5-10/h1-8,14H,18H2,(H,19,20). The van der Waals surface area contributed by atoms with Crippen molar-refractivity contribution >= 4 is 17.5 Å². The molecule has 0 aromatic heterocycles. The van der Waals surface area contributed by atoms with Crippen molar-refractivity contribution in [1.29, 1.82) is 5.26 Å². The van der Waals surface area contributed by atoms with Crippen molar-refractivity contribution in [3.63, 3.8) is 0 Å². The van der Waals surface area contributed by atoms with Crippen LogP contribution in [0, 0.1) is 11.3 Å². The molecule has 0 bridgehead atoms. The van der Waals surface area contributed by atoms with Gasteiger partial charge in [-0.15, -0.1) is 0 Å². The van der Waals surface area contributed by atoms with E-state index in [0.29, 0.717) is 16.9 Å². The van der Waals surface area contributed by atoms with E-state index in [1.165, 1.54) is 12.1 Å². The molecule has 0 fully saturated rings. The van der Waals surface area contributed by atoms with Crippen molar-refractivity contribution in [1.82, 2.24) is 5.43 Å². The quantitative estimate of drug-likeness (QED) is 0.515. The van der Waals surface area contributed by atoms with Gasteiger partial charge in [-0.05, 0) is 12.1 Å². The number of nitrogens with two attached hydrogens (primary N) is 1. The van der Waals surface area contributed by atoms with Crippen LogP contribution in [0.15, 0.2) is 48.5 Å². The Hall–Kier alpha value is -2.55. The number of nitrogens with one attached hydrogen (secondary N) is 1. The number of ether oxygens (including phenoxy) is 1. The van der Waals surface area contributed by atoms with Gasteiger partial charge < -0.3 is 4.74 Å². The molecule has 0 saturated heterocycles. The summed E-state index contributed by atoms with van der Waals surface area (Å²) >= 11 is 5.94. The minimum Gasteiger partial charge on any atom is -0.476 e. The molecule has 3 N–H and O–H groups in total. The van der Waals surface area contributed by atoms with Crippen molar-refractivity contribution < 1.29 is 9.53 Å². The van der Waals surface area contributed by atoms with Gasteiger partial charge in [-0.25, -0.2) is 5.84 Å². The lowest BCUT2D eigenvalue weighted by Crippen LogP contribution is -2.37. The van der Waals surface area contributed by atoms with E-state index in [1.807, 2.05) is 12.1 Å². The van der Waals surface area contributed by atoms with Crippen molar-refractivity contribution in [2.45, 2.75) is 6.10 Å². The van der Waals surface area contributed by atoms with Gasteiger partial charge in [0.05, 0.1) is 10.6 Å². The molecule has 2 aromatic rings. The van der Waals surface area contributed by atoms with Gasteiger partial charge in [-0.3, -0.25) is 10.2 Å². The first-order valence-electron chi connectivity index (χ1n) is 6.07. The van der Waals surface area contributed by atoms with Crippen molar-refractivity contribution in [3.05, 3.63) is 64.7 Å². The summed E-state index contributed by atoms with van der Waals surface area (Å²) in [5.74, 6) is 5.08. The molecule has 1 atom stereocenters. The van der Waals surface area contributed by atoms with Crippen LogP contribution in [0.5, 0.6) is 5.75 Å². The predicted molar refractivity (Wildman–Crippen MR) is 78.3 cm³/mol. The first-order valence-corrected chi connectivity index (χ1v) is 6.45. The highest BCUT2D eigenvalue weighted by molar-refractivity contribution is 6.31. The maximum absolute atomic E-state index is 11.9. The Balaban J connectivity index is 2.30. The number of nitrogens with zero attached hydrogens (tertiary/aromatic N) is 1. The van der Waals surface area contributed by atoms with Crippen LogP contribution in [-0.2, 0) is 4.79 Å². The lowest BCUT2D eigenvalue weighted by atomic mass is 10.1. The summed E-state index contributed by atoms with van der Waals surface area (Å²) in [6.07, 6.45) is -0.903. The van der Waals surface area contributed by atoms with E-state index in [1.54, 1.807) is 30.3 Å². The van der Waals surface area contributed by atoms with Gasteiger partial charge in [0, 0.05) is 11.6 Å². The maximum atomic E-state index is 11.9. The molecule has 0 heterocycles. The van der Waals surface area contributed by atoms with E-state index in [0.717, 1.165) is 0 Å². The van der Waals surface area contributed by atoms with Crippen LogP contribution in [0.3, 0.4) is 0 Å². The molecule has 0 radical (unpaired) electrons. The van der Waals surface area contributed by atoms with Gasteiger partial charge in [0.15, 0.2) is 0 Å². The summed E-state index contributed by atoms with van der Waals surface area (Å²) in [5, 5.41) is 9.10. The Morgan fingerprint density at radius 3 is 2.57 bits per heavy atom. The third-order valence-electron chi connectivity index (χ3n) is 2.80. The molecule has 0 saturated carbocycles. The Morgan fingerprint density at radius 2 is 2.00 bits per heavy atom. The SMILES string of the molecule is N#Cc1ccc(OC(C(=O)NN)c2ccccc2)cc1Cl. The Kier molecular flexibility index (Phi) is 4.77. The van der Waals surface area contributed by atoms with Crippen LogP contribution in [0.25, 0.3) is 0 Å². The fourth-order valence-corrected chi connectivity index (χ4v) is 1.99. The van der Waals surface area contributed by atoms with Gasteiger partial charge >= 0.3 is 0 Å². The second kappa shape index (κ2) is 6.75. The zero-order chi connectivity index (χ0) is 15.2. The van der Waals surface area contributed by atoms with E-state index < -0.39 is 12.0 Å². The summed E-state index contributed by atoms with van der Waals surface area (Å²) in [5.41, 5.74) is 3.06. The summed E-state index contributed by atoms with van der Waals surface area (Å²) in [6.45, 7) is 0. The molecule has 0 aliphatic carbocycles. The molecule has 0 aliphatic heterocycles. The van der Waals surface area contributed by atoms with Crippen LogP contribution in [0.1, 0.15) is 17.2 Å². The smallest absolute Gasteiger partial charge is 0.279 e. The normalized spacial score (nSPS) is 11.3. The first-order chi connectivity index (χ1) is 10.2. The predicted octanol–water partition coefficient (Wildman–Crippen LogP) is 2.32. The summed E-state index contributed by atoms with van der Waals surface area (Å²) < 4.78 is 5.65. The van der Waals surface area contributed by atoms with Crippen LogP contribution in [0.2, 0.25) is 5.02 Å². The minimum absolute atomic E-state index is 0.259. The van der Waals surface area contributed by atoms with Crippen LogP contribution < -0.4 is 16.0 Å². The highest BCUT2D eigenvalue weighted by Crippen LogP contribution is 2.26. The molecule has 21 heavy (non-hydrogen) atoms. The maximum Gasteiger partial charge on any atom is 0.279 e. The number of carbonyl (C=O) groups is 1. The van der Waals surface area contributed by atoms with E-state index >= 15 is 0 Å². The lowest BCUT2D eigenvalue weighted by Gasteiger charge is -2.18.